The van der Waals surface area contributed by atoms with Gasteiger partial charge < -0.3 is 9.80 Å². The lowest BCUT2D eigenvalue weighted by Crippen LogP contribution is -2.30. The molecule has 0 saturated heterocycles. The molecule has 3 rings (SSSR count). The predicted octanol–water partition coefficient (Wildman–Crippen LogP) is 3.88. The standard InChI is InChI=1S/C22H24N4O2S/c1-5-26(14-16-9-11-17(12-10-16)21(27)25(3)4)22(28)19-15(2)24-20(29-19)18-8-6-7-13-23-18/h6-13H,5,14H2,1-4H3. The van der Waals surface area contributed by atoms with E-state index >= 15 is 0 Å². The van der Waals surface area contributed by atoms with Crippen LogP contribution in [0, 0.1) is 6.92 Å². The van der Waals surface area contributed by atoms with E-state index in [4.69, 9.17) is 0 Å². The summed E-state index contributed by atoms with van der Waals surface area (Å²) in [5.74, 6) is -0.0829. The van der Waals surface area contributed by atoms with Crippen molar-refractivity contribution in [1.29, 1.82) is 0 Å². The Kier molecular flexibility index (Phi) is 6.39. The number of benzene rings is 1. The van der Waals surface area contributed by atoms with Crippen molar-refractivity contribution in [1.82, 2.24) is 19.8 Å². The Morgan fingerprint density at radius 2 is 1.76 bits per heavy atom. The Bertz CT molecular complexity index is 997. The fraction of sp³-hybridized carbons (Fsp3) is 0.273. The van der Waals surface area contributed by atoms with Gasteiger partial charge in [0.2, 0.25) is 0 Å². The summed E-state index contributed by atoms with van der Waals surface area (Å²) in [6.07, 6.45) is 1.72. The van der Waals surface area contributed by atoms with Crippen molar-refractivity contribution < 1.29 is 9.59 Å². The van der Waals surface area contributed by atoms with E-state index in [0.29, 0.717) is 29.2 Å². The zero-order valence-electron chi connectivity index (χ0n) is 17.0. The number of rotatable bonds is 6. The quantitative estimate of drug-likeness (QED) is 0.621. The van der Waals surface area contributed by atoms with Gasteiger partial charge in [-0.25, -0.2) is 4.98 Å². The Labute approximate surface area is 174 Å². The highest BCUT2D eigenvalue weighted by molar-refractivity contribution is 7.17. The van der Waals surface area contributed by atoms with E-state index in [1.165, 1.54) is 11.3 Å². The number of nitrogens with zero attached hydrogens (tertiary/aromatic N) is 4. The maximum Gasteiger partial charge on any atom is 0.266 e. The Balaban J connectivity index is 1.77. The number of carbonyl (C=O) groups excluding carboxylic acids is 2. The summed E-state index contributed by atoms with van der Waals surface area (Å²) < 4.78 is 0. The summed E-state index contributed by atoms with van der Waals surface area (Å²) in [6.45, 7) is 4.86. The van der Waals surface area contributed by atoms with Crippen LogP contribution >= 0.6 is 11.3 Å². The molecular weight excluding hydrogens is 384 g/mol. The number of aromatic nitrogens is 2. The zero-order chi connectivity index (χ0) is 21.0. The molecule has 0 aliphatic heterocycles. The molecule has 0 N–H and O–H groups in total. The highest BCUT2D eigenvalue weighted by atomic mass is 32.1. The van der Waals surface area contributed by atoms with Crippen LogP contribution in [-0.4, -0.2) is 52.2 Å². The third kappa shape index (κ3) is 4.68. The summed E-state index contributed by atoms with van der Waals surface area (Å²) in [5, 5.41) is 0.744. The predicted molar refractivity (Wildman–Crippen MR) is 115 cm³/mol. The van der Waals surface area contributed by atoms with E-state index in [-0.39, 0.29) is 11.8 Å². The Hall–Kier alpha value is -3.06. The second-order valence-electron chi connectivity index (χ2n) is 6.86. The van der Waals surface area contributed by atoms with Crippen molar-refractivity contribution in [3.8, 4) is 10.7 Å². The summed E-state index contributed by atoms with van der Waals surface area (Å²) in [7, 11) is 3.45. The van der Waals surface area contributed by atoms with Crippen LogP contribution in [0.4, 0.5) is 0 Å². The third-order valence-electron chi connectivity index (χ3n) is 4.52. The summed E-state index contributed by atoms with van der Waals surface area (Å²) in [6, 6.07) is 13.0. The summed E-state index contributed by atoms with van der Waals surface area (Å²) in [4.78, 5) is 38.0. The van der Waals surface area contributed by atoms with Crippen molar-refractivity contribution in [2.45, 2.75) is 20.4 Å². The van der Waals surface area contributed by atoms with E-state index in [2.05, 4.69) is 9.97 Å². The fourth-order valence-electron chi connectivity index (χ4n) is 2.90. The average Bonchev–Trinajstić information content (AvgIpc) is 3.13. The molecular formula is C22H24N4O2S. The second kappa shape index (κ2) is 8.96. The van der Waals surface area contributed by atoms with Gasteiger partial charge in [0.25, 0.3) is 11.8 Å². The lowest BCUT2D eigenvalue weighted by Gasteiger charge is -2.20. The van der Waals surface area contributed by atoms with Crippen LogP contribution < -0.4 is 0 Å². The van der Waals surface area contributed by atoms with Gasteiger partial charge in [-0.2, -0.15) is 0 Å². The van der Waals surface area contributed by atoms with Crippen molar-refractivity contribution in [3.05, 3.63) is 70.4 Å². The van der Waals surface area contributed by atoms with E-state index in [9.17, 15) is 9.59 Å². The molecule has 7 heteroatoms. The van der Waals surface area contributed by atoms with Crippen molar-refractivity contribution in [2.75, 3.05) is 20.6 Å². The minimum absolute atomic E-state index is 0.0395. The van der Waals surface area contributed by atoms with Gasteiger partial charge >= 0.3 is 0 Å². The van der Waals surface area contributed by atoms with Gasteiger partial charge in [0, 0.05) is 38.9 Å². The SMILES string of the molecule is CCN(Cc1ccc(C(=O)N(C)C)cc1)C(=O)c1sc(-c2ccccn2)nc1C. The first-order chi connectivity index (χ1) is 13.9. The fourth-order valence-corrected chi connectivity index (χ4v) is 3.91. The highest BCUT2D eigenvalue weighted by Gasteiger charge is 2.21. The first kappa shape index (κ1) is 20.7. The molecule has 6 nitrogen and oxygen atoms in total. The van der Waals surface area contributed by atoms with Gasteiger partial charge in [-0.1, -0.05) is 18.2 Å². The monoisotopic (exact) mass is 408 g/mol. The molecule has 1 aromatic carbocycles. The highest BCUT2D eigenvalue weighted by Crippen LogP contribution is 2.27. The van der Waals surface area contributed by atoms with Crippen LogP contribution in [0.1, 0.15) is 38.2 Å². The van der Waals surface area contributed by atoms with Crippen LogP contribution in [0.15, 0.2) is 48.7 Å². The largest absolute Gasteiger partial charge is 0.345 e. The molecule has 0 spiro atoms. The Morgan fingerprint density at radius 3 is 2.34 bits per heavy atom. The molecule has 0 unspecified atom stereocenters. The first-order valence-corrected chi connectivity index (χ1v) is 10.2. The van der Waals surface area contributed by atoms with Crippen molar-refractivity contribution >= 4 is 23.2 Å². The number of carbonyl (C=O) groups is 2. The molecule has 2 aromatic heterocycles. The molecule has 3 aromatic rings. The molecule has 150 valence electrons. The van der Waals surface area contributed by atoms with Crippen molar-refractivity contribution in [2.24, 2.45) is 0 Å². The van der Waals surface area contributed by atoms with E-state index in [0.717, 1.165) is 16.3 Å². The van der Waals surface area contributed by atoms with E-state index in [1.54, 1.807) is 42.2 Å². The zero-order valence-corrected chi connectivity index (χ0v) is 17.9. The number of thiazole rings is 1. The molecule has 0 aliphatic rings. The number of aryl methyl sites for hydroxylation is 1. The lowest BCUT2D eigenvalue weighted by atomic mass is 10.1. The van der Waals surface area contributed by atoms with Gasteiger partial charge in [0.1, 0.15) is 9.88 Å². The minimum atomic E-state index is -0.0434. The number of amides is 2. The van der Waals surface area contributed by atoms with Gasteiger partial charge in [0.15, 0.2) is 0 Å². The van der Waals surface area contributed by atoms with Crippen molar-refractivity contribution in [3.63, 3.8) is 0 Å². The third-order valence-corrected chi connectivity index (χ3v) is 5.69. The molecule has 2 amide bonds. The van der Waals surface area contributed by atoms with Gasteiger partial charge in [-0.15, -0.1) is 11.3 Å². The van der Waals surface area contributed by atoms with Crippen LogP contribution in [0.2, 0.25) is 0 Å². The van der Waals surface area contributed by atoms with E-state index < -0.39 is 0 Å². The number of pyridine rings is 1. The average molecular weight is 409 g/mol. The van der Waals surface area contributed by atoms with E-state index in [1.807, 2.05) is 44.2 Å². The normalized spacial score (nSPS) is 10.6. The smallest absolute Gasteiger partial charge is 0.266 e. The maximum absolute atomic E-state index is 13.1. The lowest BCUT2D eigenvalue weighted by molar-refractivity contribution is 0.0755. The Morgan fingerprint density at radius 1 is 1.03 bits per heavy atom. The molecule has 0 radical (unpaired) electrons. The minimum Gasteiger partial charge on any atom is -0.345 e. The van der Waals surface area contributed by atoms with Crippen LogP contribution in [0.5, 0.6) is 0 Å². The second-order valence-corrected chi connectivity index (χ2v) is 7.86. The van der Waals surface area contributed by atoms with Crippen LogP contribution in [-0.2, 0) is 6.54 Å². The maximum atomic E-state index is 13.1. The van der Waals surface area contributed by atoms with Gasteiger partial charge in [-0.05, 0) is 43.7 Å². The van der Waals surface area contributed by atoms with Crippen LogP contribution in [0.3, 0.4) is 0 Å². The summed E-state index contributed by atoms with van der Waals surface area (Å²) >= 11 is 1.37. The van der Waals surface area contributed by atoms with Gasteiger partial charge in [0.05, 0.1) is 11.4 Å². The number of hydrogen-bond acceptors (Lipinski definition) is 5. The van der Waals surface area contributed by atoms with Crippen LogP contribution in [0.25, 0.3) is 10.7 Å². The molecule has 0 fully saturated rings. The topological polar surface area (TPSA) is 66.4 Å². The summed E-state index contributed by atoms with van der Waals surface area (Å²) in [5.41, 5.74) is 3.09. The molecule has 2 heterocycles. The first-order valence-electron chi connectivity index (χ1n) is 9.39. The van der Waals surface area contributed by atoms with Gasteiger partial charge in [-0.3, -0.25) is 14.6 Å². The number of hydrogen-bond donors (Lipinski definition) is 0. The molecule has 29 heavy (non-hydrogen) atoms. The molecule has 0 aliphatic carbocycles. The molecule has 0 atom stereocenters. The molecule has 0 bridgehead atoms. The molecule has 0 saturated carbocycles.